The summed E-state index contributed by atoms with van der Waals surface area (Å²) in [6, 6.07) is 17.9. The Bertz CT molecular complexity index is 1410. The molecule has 2 heterocycles. The van der Waals surface area contributed by atoms with Crippen molar-refractivity contribution in [3.63, 3.8) is 0 Å². The standard InChI is InChI=1S/C26H24Cl2N6O3S/c1-33(15-18-8-11-20(14-29-18)38-31-12-13-35)25-23(26(37)30-16-36)34(19-9-6-17(27)7-10-19)24(32-25)21-4-2-3-5-22(21)28/h2-11,14,16,31,35H,12-13,15H2,1H3,(H,30,36,37). The van der Waals surface area contributed by atoms with E-state index in [1.54, 1.807) is 59.1 Å². The molecule has 12 heteroatoms. The molecular formula is C26H24Cl2N6O3S. The van der Waals surface area contributed by atoms with E-state index >= 15 is 0 Å². The Kier molecular flexibility index (Phi) is 9.38. The number of carbonyl (C=O) groups excluding carboxylic acids is 2. The van der Waals surface area contributed by atoms with E-state index in [0.29, 0.717) is 52.4 Å². The molecule has 0 unspecified atom stereocenters. The number of rotatable bonds is 11. The largest absolute Gasteiger partial charge is 0.395 e. The lowest BCUT2D eigenvalue weighted by molar-refractivity contribution is -0.108. The van der Waals surface area contributed by atoms with E-state index in [4.69, 9.17) is 33.3 Å². The highest BCUT2D eigenvalue weighted by Gasteiger charge is 2.28. The third-order valence-electron chi connectivity index (χ3n) is 5.43. The minimum atomic E-state index is -0.628. The molecule has 196 valence electrons. The van der Waals surface area contributed by atoms with Gasteiger partial charge in [0, 0.05) is 41.0 Å². The number of hydrogen-bond donors (Lipinski definition) is 3. The molecule has 0 saturated heterocycles. The molecule has 9 nitrogen and oxygen atoms in total. The van der Waals surface area contributed by atoms with Crippen molar-refractivity contribution in [1.29, 1.82) is 0 Å². The second-order valence-electron chi connectivity index (χ2n) is 8.05. The normalized spacial score (nSPS) is 10.8. The molecule has 4 aromatic rings. The lowest BCUT2D eigenvalue weighted by Crippen LogP contribution is -2.28. The lowest BCUT2D eigenvalue weighted by Gasteiger charge is -2.18. The number of imide groups is 1. The maximum Gasteiger partial charge on any atom is 0.278 e. The number of nitrogens with zero attached hydrogens (tertiary/aromatic N) is 4. The highest BCUT2D eigenvalue weighted by Crippen LogP contribution is 2.35. The van der Waals surface area contributed by atoms with E-state index in [1.807, 2.05) is 24.3 Å². The van der Waals surface area contributed by atoms with Crippen molar-refractivity contribution in [2.24, 2.45) is 0 Å². The smallest absolute Gasteiger partial charge is 0.278 e. The van der Waals surface area contributed by atoms with Crippen LogP contribution in [-0.2, 0) is 11.3 Å². The fraction of sp³-hybridized carbons (Fsp3) is 0.154. The average Bonchev–Trinajstić information content (AvgIpc) is 3.31. The van der Waals surface area contributed by atoms with E-state index < -0.39 is 5.91 Å². The average molecular weight is 571 g/mol. The van der Waals surface area contributed by atoms with Gasteiger partial charge in [-0.1, -0.05) is 35.3 Å². The summed E-state index contributed by atoms with van der Waals surface area (Å²) in [5.74, 6) is 0.127. The van der Waals surface area contributed by atoms with E-state index in [9.17, 15) is 9.59 Å². The van der Waals surface area contributed by atoms with Crippen molar-refractivity contribution in [2.75, 3.05) is 25.1 Å². The first kappa shape index (κ1) is 27.6. The Hall–Kier alpha value is -3.41. The molecule has 2 amide bonds. The molecule has 2 aromatic carbocycles. The van der Waals surface area contributed by atoms with Crippen molar-refractivity contribution in [3.8, 4) is 17.1 Å². The van der Waals surface area contributed by atoms with Crippen molar-refractivity contribution in [1.82, 2.24) is 24.6 Å². The Balaban J connectivity index is 1.79. The monoisotopic (exact) mass is 570 g/mol. The van der Waals surface area contributed by atoms with E-state index in [1.165, 1.54) is 11.9 Å². The Morgan fingerprint density at radius 2 is 1.89 bits per heavy atom. The third kappa shape index (κ3) is 6.35. The van der Waals surface area contributed by atoms with Crippen LogP contribution in [0.1, 0.15) is 16.2 Å². The molecule has 0 fully saturated rings. The first-order valence-corrected chi connectivity index (χ1v) is 13.0. The highest BCUT2D eigenvalue weighted by atomic mass is 35.5. The van der Waals surface area contributed by atoms with Crippen molar-refractivity contribution < 1.29 is 14.7 Å². The summed E-state index contributed by atoms with van der Waals surface area (Å²) in [5, 5.41) is 12.1. The van der Waals surface area contributed by atoms with Crippen molar-refractivity contribution in [3.05, 3.63) is 88.3 Å². The number of nitrogens with one attached hydrogen (secondary N) is 2. The molecule has 0 aliphatic carbocycles. The Morgan fingerprint density at radius 1 is 1.13 bits per heavy atom. The van der Waals surface area contributed by atoms with Gasteiger partial charge in [0.05, 0.1) is 23.9 Å². The van der Waals surface area contributed by atoms with Gasteiger partial charge in [-0.05, 0) is 60.5 Å². The van der Waals surface area contributed by atoms with Gasteiger partial charge in [0.25, 0.3) is 5.91 Å². The zero-order valence-electron chi connectivity index (χ0n) is 20.3. The van der Waals surface area contributed by atoms with Gasteiger partial charge in [0.1, 0.15) is 5.82 Å². The molecule has 0 aliphatic heterocycles. The van der Waals surface area contributed by atoms with Gasteiger partial charge in [-0.3, -0.25) is 29.2 Å². The minimum absolute atomic E-state index is 0.0438. The van der Waals surface area contributed by atoms with Crippen molar-refractivity contribution >= 4 is 53.3 Å². The summed E-state index contributed by atoms with van der Waals surface area (Å²) < 4.78 is 4.68. The van der Waals surface area contributed by atoms with Crippen LogP contribution in [-0.4, -0.2) is 52.2 Å². The van der Waals surface area contributed by atoms with Gasteiger partial charge in [0.15, 0.2) is 11.5 Å². The van der Waals surface area contributed by atoms with Gasteiger partial charge in [-0.25, -0.2) is 4.98 Å². The van der Waals surface area contributed by atoms with Gasteiger partial charge in [-0.15, -0.1) is 0 Å². The number of anilines is 1. The molecule has 0 bridgehead atoms. The summed E-state index contributed by atoms with van der Waals surface area (Å²) in [7, 11) is 1.79. The fourth-order valence-electron chi connectivity index (χ4n) is 3.73. The summed E-state index contributed by atoms with van der Waals surface area (Å²) in [6.07, 6.45) is 2.06. The number of pyridine rings is 1. The van der Waals surface area contributed by atoms with Crippen molar-refractivity contribution in [2.45, 2.75) is 11.4 Å². The van der Waals surface area contributed by atoms with Gasteiger partial charge in [0.2, 0.25) is 6.41 Å². The molecular weight excluding hydrogens is 547 g/mol. The minimum Gasteiger partial charge on any atom is -0.395 e. The zero-order valence-corrected chi connectivity index (χ0v) is 22.6. The third-order valence-corrected chi connectivity index (χ3v) is 6.83. The quantitative estimate of drug-likeness (QED) is 0.138. The SMILES string of the molecule is CN(Cc1ccc(SNCCO)cn1)c1nc(-c2ccccc2Cl)n(-c2ccc(Cl)cc2)c1C(=O)NC=O. The number of hydrogen-bond acceptors (Lipinski definition) is 8. The van der Waals surface area contributed by atoms with Gasteiger partial charge >= 0.3 is 0 Å². The van der Waals surface area contributed by atoms with Crippen LogP contribution < -0.4 is 14.9 Å². The maximum absolute atomic E-state index is 13.3. The molecule has 0 spiro atoms. The molecule has 4 rings (SSSR count). The molecule has 0 saturated carbocycles. The van der Waals surface area contributed by atoms with E-state index in [-0.39, 0.29) is 12.3 Å². The highest BCUT2D eigenvalue weighted by molar-refractivity contribution is 7.97. The summed E-state index contributed by atoms with van der Waals surface area (Å²) in [6.45, 7) is 0.836. The molecule has 0 atom stereocenters. The number of aromatic nitrogens is 3. The topological polar surface area (TPSA) is 112 Å². The lowest BCUT2D eigenvalue weighted by atomic mass is 10.2. The fourth-order valence-corrected chi connectivity index (χ4v) is 4.68. The van der Waals surface area contributed by atoms with E-state index in [2.05, 4.69) is 15.0 Å². The number of benzene rings is 2. The number of carbonyl (C=O) groups is 2. The van der Waals surface area contributed by atoms with Crippen LogP contribution >= 0.6 is 35.1 Å². The van der Waals surface area contributed by atoms with Crippen LogP contribution in [0.4, 0.5) is 5.82 Å². The maximum atomic E-state index is 13.3. The first-order chi connectivity index (χ1) is 18.4. The van der Waals surface area contributed by atoms with Gasteiger partial charge in [-0.2, -0.15) is 0 Å². The molecule has 38 heavy (non-hydrogen) atoms. The van der Waals surface area contributed by atoms with Crippen LogP contribution in [0.25, 0.3) is 17.1 Å². The number of aliphatic hydroxyl groups is 1. The van der Waals surface area contributed by atoms with Crippen LogP contribution in [0.2, 0.25) is 10.0 Å². The second-order valence-corrected chi connectivity index (χ2v) is 9.86. The number of imidazole rings is 1. The number of aliphatic hydroxyl groups excluding tert-OH is 1. The zero-order chi connectivity index (χ0) is 27.1. The molecule has 2 aromatic heterocycles. The van der Waals surface area contributed by atoms with Gasteiger partial charge < -0.3 is 10.0 Å². The number of amides is 2. The van der Waals surface area contributed by atoms with Crippen LogP contribution in [0.15, 0.2) is 71.8 Å². The first-order valence-electron chi connectivity index (χ1n) is 11.5. The summed E-state index contributed by atoms with van der Waals surface area (Å²) in [5.41, 5.74) is 2.11. The second kappa shape index (κ2) is 12.9. The van der Waals surface area contributed by atoms with Crippen LogP contribution in [0.3, 0.4) is 0 Å². The predicted octanol–water partition coefficient (Wildman–Crippen LogP) is 4.35. The van der Waals surface area contributed by atoms with Crippen LogP contribution in [0.5, 0.6) is 0 Å². The summed E-state index contributed by atoms with van der Waals surface area (Å²) in [4.78, 5) is 36.5. The molecule has 0 aliphatic rings. The Morgan fingerprint density at radius 3 is 2.55 bits per heavy atom. The summed E-state index contributed by atoms with van der Waals surface area (Å²) >= 11 is 14.0. The number of halogens is 2. The molecule has 3 N–H and O–H groups in total. The predicted molar refractivity (Wildman–Crippen MR) is 150 cm³/mol. The van der Waals surface area contributed by atoms with Crippen LogP contribution in [0, 0.1) is 0 Å². The van der Waals surface area contributed by atoms with E-state index in [0.717, 1.165) is 10.6 Å². The Labute approximate surface area is 233 Å². The molecule has 0 radical (unpaired) electrons.